The van der Waals surface area contributed by atoms with Crippen molar-refractivity contribution < 1.29 is 19.4 Å². The summed E-state index contributed by atoms with van der Waals surface area (Å²) in [6.45, 7) is 3.53. The van der Waals surface area contributed by atoms with Gasteiger partial charge in [-0.15, -0.1) is 0 Å². The number of anilines is 1. The van der Waals surface area contributed by atoms with Crippen molar-refractivity contribution in [1.29, 1.82) is 0 Å². The lowest BCUT2D eigenvalue weighted by atomic mass is 9.89. The van der Waals surface area contributed by atoms with E-state index in [2.05, 4.69) is 0 Å². The highest BCUT2D eigenvalue weighted by molar-refractivity contribution is 6.08. The van der Waals surface area contributed by atoms with Crippen molar-refractivity contribution in [1.82, 2.24) is 0 Å². The topological polar surface area (TPSA) is 66.8 Å². The van der Waals surface area contributed by atoms with Gasteiger partial charge in [0.1, 0.15) is 11.5 Å². The second-order valence-corrected chi connectivity index (χ2v) is 6.46. The molecule has 1 aliphatic heterocycles. The van der Waals surface area contributed by atoms with Gasteiger partial charge >= 0.3 is 0 Å². The van der Waals surface area contributed by atoms with Gasteiger partial charge in [0.15, 0.2) is 5.60 Å². The van der Waals surface area contributed by atoms with E-state index in [-0.39, 0.29) is 18.7 Å². The van der Waals surface area contributed by atoms with Crippen molar-refractivity contribution in [2.45, 2.75) is 32.4 Å². The quantitative estimate of drug-likeness (QED) is 0.909. The monoisotopic (exact) mass is 339 g/mol. The van der Waals surface area contributed by atoms with E-state index in [1.165, 1.54) is 11.8 Å². The molecule has 2 aromatic rings. The molecule has 5 heteroatoms. The molecule has 0 fully saturated rings. The van der Waals surface area contributed by atoms with Crippen LogP contribution in [0.25, 0.3) is 0 Å². The Morgan fingerprint density at radius 3 is 2.64 bits per heavy atom. The van der Waals surface area contributed by atoms with Crippen LogP contribution in [0.1, 0.15) is 30.0 Å². The van der Waals surface area contributed by atoms with E-state index in [4.69, 9.17) is 4.74 Å². The van der Waals surface area contributed by atoms with Crippen LogP contribution in [0.15, 0.2) is 42.5 Å². The van der Waals surface area contributed by atoms with Crippen LogP contribution >= 0.6 is 0 Å². The van der Waals surface area contributed by atoms with Crippen LogP contribution in [-0.4, -0.2) is 23.9 Å². The number of aliphatic hydroxyl groups is 1. The van der Waals surface area contributed by atoms with E-state index < -0.39 is 11.5 Å². The maximum absolute atomic E-state index is 13.0. The summed E-state index contributed by atoms with van der Waals surface area (Å²) in [7, 11) is 1.58. The summed E-state index contributed by atoms with van der Waals surface area (Å²) < 4.78 is 5.36. The van der Waals surface area contributed by atoms with Crippen molar-refractivity contribution in [3.05, 3.63) is 59.2 Å². The molecule has 25 heavy (non-hydrogen) atoms. The van der Waals surface area contributed by atoms with Crippen molar-refractivity contribution in [2.75, 3.05) is 12.0 Å². The molecule has 0 radical (unpaired) electrons. The summed E-state index contributed by atoms with van der Waals surface area (Å²) in [4.78, 5) is 26.2. The van der Waals surface area contributed by atoms with E-state index in [1.54, 1.807) is 13.2 Å². The van der Waals surface area contributed by atoms with Gasteiger partial charge in [-0.3, -0.25) is 9.59 Å². The van der Waals surface area contributed by atoms with Crippen LogP contribution in [-0.2, 0) is 21.7 Å². The molecular formula is C20H21NO4. The lowest BCUT2D eigenvalue weighted by Gasteiger charge is -2.23. The van der Waals surface area contributed by atoms with Gasteiger partial charge in [0.05, 0.1) is 19.3 Å². The molecule has 0 spiro atoms. The SMILES string of the molecule is COc1ccccc1CN1C(=O)C(O)(CC(C)=O)c2cc(C)ccc21. The Kier molecular flexibility index (Phi) is 4.35. The number of para-hydroxylation sites is 1. The maximum Gasteiger partial charge on any atom is 0.264 e. The number of methoxy groups -OCH3 is 1. The van der Waals surface area contributed by atoms with E-state index in [0.717, 1.165) is 11.1 Å². The second kappa shape index (κ2) is 6.33. The fraction of sp³-hybridized carbons (Fsp3) is 0.300. The van der Waals surface area contributed by atoms with E-state index >= 15 is 0 Å². The van der Waals surface area contributed by atoms with Gasteiger partial charge in [0.25, 0.3) is 5.91 Å². The Morgan fingerprint density at radius 2 is 1.96 bits per heavy atom. The first-order chi connectivity index (χ1) is 11.9. The Balaban J connectivity index is 2.07. The number of carbonyl (C=O) groups excluding carboxylic acids is 2. The van der Waals surface area contributed by atoms with E-state index in [0.29, 0.717) is 17.0 Å². The van der Waals surface area contributed by atoms with Crippen molar-refractivity contribution >= 4 is 17.4 Å². The summed E-state index contributed by atoms with van der Waals surface area (Å²) in [6, 6.07) is 12.9. The lowest BCUT2D eigenvalue weighted by molar-refractivity contribution is -0.141. The minimum Gasteiger partial charge on any atom is -0.496 e. The Morgan fingerprint density at radius 1 is 1.24 bits per heavy atom. The third kappa shape index (κ3) is 2.91. The van der Waals surface area contributed by atoms with Crippen molar-refractivity contribution in [2.24, 2.45) is 0 Å². The highest BCUT2D eigenvalue weighted by Crippen LogP contribution is 2.44. The standard InChI is InChI=1S/C20H21NO4/c1-13-8-9-17-16(10-13)20(24,11-14(2)22)19(23)21(17)12-15-6-4-5-7-18(15)25-3/h4-10,24H,11-12H2,1-3H3. The molecule has 0 saturated carbocycles. The third-order valence-corrected chi connectivity index (χ3v) is 4.51. The number of ether oxygens (including phenoxy) is 1. The predicted molar refractivity (Wildman–Crippen MR) is 94.6 cm³/mol. The Labute approximate surface area is 146 Å². The number of amides is 1. The lowest BCUT2D eigenvalue weighted by Crippen LogP contribution is -2.41. The largest absolute Gasteiger partial charge is 0.496 e. The van der Waals surface area contributed by atoms with Crippen LogP contribution in [0.3, 0.4) is 0 Å². The molecule has 2 aromatic carbocycles. The zero-order valence-corrected chi connectivity index (χ0v) is 14.6. The minimum atomic E-state index is -1.81. The first-order valence-electron chi connectivity index (χ1n) is 8.13. The van der Waals surface area contributed by atoms with Crippen molar-refractivity contribution in [3.8, 4) is 5.75 Å². The molecule has 0 aromatic heterocycles. The van der Waals surface area contributed by atoms with Gasteiger partial charge in [0.2, 0.25) is 0 Å². The van der Waals surface area contributed by atoms with Gasteiger partial charge in [-0.05, 0) is 26.0 Å². The number of Topliss-reactive ketones (excluding diaryl/α,β-unsaturated/α-hetero) is 1. The number of hydrogen-bond acceptors (Lipinski definition) is 4. The minimum absolute atomic E-state index is 0.231. The van der Waals surface area contributed by atoms with Crippen LogP contribution in [0.5, 0.6) is 5.75 Å². The van der Waals surface area contributed by atoms with Gasteiger partial charge < -0.3 is 14.7 Å². The van der Waals surface area contributed by atoms with Crippen LogP contribution in [0, 0.1) is 6.92 Å². The molecular weight excluding hydrogens is 318 g/mol. The molecule has 1 heterocycles. The number of rotatable bonds is 5. The molecule has 0 bridgehead atoms. The van der Waals surface area contributed by atoms with Gasteiger partial charge in [-0.25, -0.2) is 0 Å². The van der Waals surface area contributed by atoms with E-state index in [9.17, 15) is 14.7 Å². The number of ketones is 1. The average Bonchev–Trinajstić information content (AvgIpc) is 2.76. The van der Waals surface area contributed by atoms with Crippen LogP contribution in [0.4, 0.5) is 5.69 Å². The van der Waals surface area contributed by atoms with Crippen LogP contribution in [0.2, 0.25) is 0 Å². The zero-order chi connectivity index (χ0) is 18.2. The molecule has 1 N–H and O–H groups in total. The summed E-state index contributed by atoms with van der Waals surface area (Å²) >= 11 is 0. The number of benzene rings is 2. The second-order valence-electron chi connectivity index (χ2n) is 6.46. The van der Waals surface area contributed by atoms with Gasteiger partial charge in [0, 0.05) is 17.5 Å². The number of carbonyl (C=O) groups is 2. The van der Waals surface area contributed by atoms with Crippen LogP contribution < -0.4 is 9.64 Å². The number of nitrogens with zero attached hydrogens (tertiary/aromatic N) is 1. The van der Waals surface area contributed by atoms with Gasteiger partial charge in [-0.1, -0.05) is 35.9 Å². The molecule has 130 valence electrons. The number of aryl methyl sites for hydroxylation is 1. The summed E-state index contributed by atoms with van der Waals surface area (Å²) in [5.41, 5.74) is 1.06. The summed E-state index contributed by atoms with van der Waals surface area (Å²) in [5.74, 6) is -0.0392. The first-order valence-corrected chi connectivity index (χ1v) is 8.13. The summed E-state index contributed by atoms with van der Waals surface area (Å²) in [6.07, 6.45) is -0.231. The molecule has 5 nitrogen and oxygen atoms in total. The average molecular weight is 339 g/mol. The normalized spacial score (nSPS) is 19.0. The Bertz CT molecular complexity index is 845. The molecule has 1 atom stereocenters. The maximum atomic E-state index is 13.0. The first kappa shape index (κ1) is 17.2. The fourth-order valence-electron chi connectivity index (χ4n) is 3.36. The van der Waals surface area contributed by atoms with Gasteiger partial charge in [-0.2, -0.15) is 0 Å². The van der Waals surface area contributed by atoms with Crippen molar-refractivity contribution in [3.63, 3.8) is 0 Å². The molecule has 1 aliphatic rings. The Hall–Kier alpha value is -2.66. The molecule has 1 unspecified atom stereocenters. The van der Waals surface area contributed by atoms with E-state index in [1.807, 2.05) is 43.3 Å². The molecule has 3 rings (SSSR count). The smallest absolute Gasteiger partial charge is 0.264 e. The highest BCUT2D eigenvalue weighted by Gasteiger charge is 2.50. The third-order valence-electron chi connectivity index (χ3n) is 4.51. The number of hydrogen-bond donors (Lipinski definition) is 1. The summed E-state index contributed by atoms with van der Waals surface area (Å²) in [5, 5.41) is 11.0. The molecule has 0 aliphatic carbocycles. The highest BCUT2D eigenvalue weighted by atomic mass is 16.5. The zero-order valence-electron chi connectivity index (χ0n) is 14.6. The predicted octanol–water partition coefficient (Wildman–Crippen LogP) is 2.72. The molecule has 1 amide bonds. The molecule has 0 saturated heterocycles. The fourth-order valence-corrected chi connectivity index (χ4v) is 3.36. The number of fused-ring (bicyclic) bond motifs is 1.